The molecule has 5 N–H and O–H groups in total. The Morgan fingerprint density at radius 3 is 2.35 bits per heavy atom. The summed E-state index contributed by atoms with van der Waals surface area (Å²) in [7, 11) is 0. The summed E-state index contributed by atoms with van der Waals surface area (Å²) in [5.74, 6) is -2.04. The smallest absolute Gasteiger partial charge is 0.315 e. The van der Waals surface area contributed by atoms with Crippen molar-refractivity contribution in [3.63, 3.8) is 0 Å². The van der Waals surface area contributed by atoms with Crippen LogP contribution < -0.4 is 16.4 Å². The van der Waals surface area contributed by atoms with Crippen molar-refractivity contribution >= 4 is 17.9 Å². The van der Waals surface area contributed by atoms with Crippen molar-refractivity contribution in [3.05, 3.63) is 0 Å². The van der Waals surface area contributed by atoms with Gasteiger partial charge >= 0.3 is 12.0 Å². The summed E-state index contributed by atoms with van der Waals surface area (Å²) in [5, 5.41) is 13.7. The molecule has 0 aliphatic rings. The van der Waals surface area contributed by atoms with E-state index >= 15 is 0 Å². The second-order valence-electron chi connectivity index (χ2n) is 3.89. The molecule has 0 radical (unpaired) electrons. The number of hydrogen-bond donors (Lipinski definition) is 4. The third-order valence-corrected chi connectivity index (χ3v) is 2.38. The van der Waals surface area contributed by atoms with Gasteiger partial charge in [0.2, 0.25) is 5.91 Å². The van der Waals surface area contributed by atoms with Crippen LogP contribution in [0, 0.1) is 5.92 Å². The van der Waals surface area contributed by atoms with E-state index in [1.54, 1.807) is 6.92 Å². The maximum atomic E-state index is 11.3. The summed E-state index contributed by atoms with van der Waals surface area (Å²) in [5.41, 5.74) is 4.93. The summed E-state index contributed by atoms with van der Waals surface area (Å²) >= 11 is 0. The number of amides is 3. The number of carboxylic acids is 1. The molecule has 0 saturated carbocycles. The first kappa shape index (κ1) is 15.2. The Labute approximate surface area is 99.7 Å². The zero-order valence-corrected chi connectivity index (χ0v) is 10.0. The molecule has 7 nitrogen and oxygen atoms in total. The lowest BCUT2D eigenvalue weighted by molar-refractivity contribution is -0.141. The Hall–Kier alpha value is -1.79. The molecule has 98 valence electrons. The van der Waals surface area contributed by atoms with Gasteiger partial charge < -0.3 is 21.5 Å². The quantitative estimate of drug-likeness (QED) is 0.458. The average molecular weight is 245 g/mol. The number of carbonyl (C=O) groups is 3. The van der Waals surface area contributed by atoms with E-state index in [1.165, 1.54) is 6.92 Å². The van der Waals surface area contributed by atoms with Gasteiger partial charge in [0.15, 0.2) is 0 Å². The Balaban J connectivity index is 3.78. The molecule has 2 unspecified atom stereocenters. The molecule has 0 aromatic carbocycles. The van der Waals surface area contributed by atoms with Crippen LogP contribution in [0.25, 0.3) is 0 Å². The number of carboxylic acid groups (broad SMARTS) is 1. The second kappa shape index (κ2) is 7.48. The first-order valence-electron chi connectivity index (χ1n) is 5.40. The van der Waals surface area contributed by atoms with E-state index in [-0.39, 0.29) is 6.42 Å². The molecule has 0 aromatic rings. The molecule has 0 rings (SSSR count). The highest BCUT2D eigenvalue weighted by Gasteiger charge is 2.20. The number of carbonyl (C=O) groups excluding carboxylic acids is 2. The van der Waals surface area contributed by atoms with Gasteiger partial charge in [-0.2, -0.15) is 0 Å². The number of nitrogens with one attached hydrogen (secondary N) is 2. The molecular formula is C10H19N3O4. The number of hydrogen-bond acceptors (Lipinski definition) is 3. The van der Waals surface area contributed by atoms with Gasteiger partial charge in [-0.15, -0.1) is 0 Å². The van der Waals surface area contributed by atoms with Crippen molar-refractivity contribution in [2.45, 2.75) is 32.7 Å². The van der Waals surface area contributed by atoms with Gasteiger partial charge in [0.05, 0.1) is 5.92 Å². The van der Waals surface area contributed by atoms with Gasteiger partial charge in [0.1, 0.15) is 0 Å². The van der Waals surface area contributed by atoms with Crippen LogP contribution in [0.5, 0.6) is 0 Å². The fourth-order valence-electron chi connectivity index (χ4n) is 1.06. The molecule has 0 bridgehead atoms. The van der Waals surface area contributed by atoms with Gasteiger partial charge in [0.25, 0.3) is 0 Å². The highest BCUT2D eigenvalue weighted by Crippen LogP contribution is 2.01. The number of nitrogens with two attached hydrogens (primary N) is 1. The van der Waals surface area contributed by atoms with E-state index in [9.17, 15) is 14.4 Å². The van der Waals surface area contributed by atoms with Crippen molar-refractivity contribution in [3.8, 4) is 0 Å². The van der Waals surface area contributed by atoms with Crippen LogP contribution in [0.1, 0.15) is 26.7 Å². The maximum absolute atomic E-state index is 11.3. The van der Waals surface area contributed by atoms with Crippen LogP contribution in [0.3, 0.4) is 0 Å². The third kappa shape index (κ3) is 7.15. The molecular weight excluding hydrogens is 226 g/mol. The highest BCUT2D eigenvalue weighted by atomic mass is 16.4. The van der Waals surface area contributed by atoms with Gasteiger partial charge in [-0.3, -0.25) is 9.59 Å². The largest absolute Gasteiger partial charge is 0.481 e. The van der Waals surface area contributed by atoms with Crippen LogP contribution >= 0.6 is 0 Å². The van der Waals surface area contributed by atoms with E-state index in [1.807, 2.05) is 0 Å². The molecule has 0 heterocycles. The van der Waals surface area contributed by atoms with Gasteiger partial charge in [-0.25, -0.2) is 4.79 Å². The van der Waals surface area contributed by atoms with Crippen molar-refractivity contribution in [1.29, 1.82) is 0 Å². The standard InChI is InChI=1S/C10H19N3O4/c1-6(9(15)16)7(2)13-10(17)12-5-3-4-8(11)14/h6-7H,3-5H2,1-2H3,(H2,11,14)(H,15,16)(H2,12,13,17). The Kier molecular flexibility index (Phi) is 6.69. The van der Waals surface area contributed by atoms with Crippen molar-refractivity contribution < 1.29 is 19.5 Å². The summed E-state index contributed by atoms with van der Waals surface area (Å²) in [6.07, 6.45) is 0.674. The minimum atomic E-state index is -0.966. The summed E-state index contributed by atoms with van der Waals surface area (Å²) in [4.78, 5) is 32.3. The van der Waals surface area contributed by atoms with Crippen LogP contribution in [-0.2, 0) is 9.59 Å². The lowest BCUT2D eigenvalue weighted by Gasteiger charge is -2.17. The summed E-state index contributed by atoms with van der Waals surface area (Å²) in [6, 6.07) is -0.918. The van der Waals surface area contributed by atoms with E-state index in [4.69, 9.17) is 10.8 Å². The van der Waals surface area contributed by atoms with E-state index < -0.39 is 29.9 Å². The molecule has 0 aromatic heterocycles. The van der Waals surface area contributed by atoms with E-state index in [0.717, 1.165) is 0 Å². The molecule has 0 spiro atoms. The SMILES string of the molecule is CC(NC(=O)NCCCC(N)=O)C(C)C(=O)O. The molecule has 3 amide bonds. The summed E-state index contributed by atoms with van der Waals surface area (Å²) < 4.78 is 0. The first-order valence-corrected chi connectivity index (χ1v) is 5.40. The Morgan fingerprint density at radius 2 is 1.88 bits per heavy atom. The Bertz CT molecular complexity index is 293. The van der Waals surface area contributed by atoms with E-state index in [2.05, 4.69) is 10.6 Å². The minimum absolute atomic E-state index is 0.210. The van der Waals surface area contributed by atoms with Crippen LogP contribution in [0.15, 0.2) is 0 Å². The zero-order valence-electron chi connectivity index (χ0n) is 10.0. The normalized spacial score (nSPS) is 13.5. The number of aliphatic carboxylic acids is 1. The average Bonchev–Trinajstić information content (AvgIpc) is 2.22. The fraction of sp³-hybridized carbons (Fsp3) is 0.700. The third-order valence-electron chi connectivity index (χ3n) is 2.38. The zero-order chi connectivity index (χ0) is 13.4. The van der Waals surface area contributed by atoms with Gasteiger partial charge in [0, 0.05) is 19.0 Å². The predicted octanol–water partition coefficient (Wildman–Crippen LogP) is -0.340. The topological polar surface area (TPSA) is 122 Å². The lowest BCUT2D eigenvalue weighted by Crippen LogP contribution is -2.45. The van der Waals surface area contributed by atoms with Gasteiger partial charge in [-0.05, 0) is 20.3 Å². The molecule has 0 saturated heterocycles. The molecule has 0 aliphatic heterocycles. The molecule has 17 heavy (non-hydrogen) atoms. The summed E-state index contributed by atoms with van der Waals surface area (Å²) in [6.45, 7) is 3.45. The predicted molar refractivity (Wildman–Crippen MR) is 61.2 cm³/mol. The van der Waals surface area contributed by atoms with Crippen molar-refractivity contribution in [2.24, 2.45) is 11.7 Å². The molecule has 2 atom stereocenters. The van der Waals surface area contributed by atoms with Gasteiger partial charge in [-0.1, -0.05) is 0 Å². The number of urea groups is 1. The fourth-order valence-corrected chi connectivity index (χ4v) is 1.06. The number of primary amides is 1. The maximum Gasteiger partial charge on any atom is 0.315 e. The molecule has 0 aliphatic carbocycles. The van der Waals surface area contributed by atoms with E-state index in [0.29, 0.717) is 13.0 Å². The van der Waals surface area contributed by atoms with Crippen molar-refractivity contribution in [1.82, 2.24) is 10.6 Å². The second-order valence-corrected chi connectivity index (χ2v) is 3.89. The minimum Gasteiger partial charge on any atom is -0.481 e. The van der Waals surface area contributed by atoms with Crippen molar-refractivity contribution in [2.75, 3.05) is 6.54 Å². The monoisotopic (exact) mass is 245 g/mol. The lowest BCUT2D eigenvalue weighted by atomic mass is 10.0. The molecule has 0 fully saturated rings. The molecule has 7 heteroatoms. The van der Waals surface area contributed by atoms with Crippen LogP contribution in [0.2, 0.25) is 0 Å². The van der Waals surface area contributed by atoms with Crippen LogP contribution in [-0.4, -0.2) is 35.6 Å². The first-order chi connectivity index (χ1) is 7.84. The Morgan fingerprint density at radius 1 is 1.29 bits per heavy atom. The van der Waals surface area contributed by atoms with Crippen LogP contribution in [0.4, 0.5) is 4.79 Å². The highest BCUT2D eigenvalue weighted by molar-refractivity contribution is 5.76. The number of rotatable bonds is 7.